The molecule has 0 spiro atoms. The molecule has 0 aromatic heterocycles. The van der Waals surface area contributed by atoms with E-state index in [0.29, 0.717) is 17.2 Å². The minimum atomic E-state index is -4.84. The summed E-state index contributed by atoms with van der Waals surface area (Å²) in [4.78, 5) is 12.3. The predicted molar refractivity (Wildman–Crippen MR) is 127 cm³/mol. The largest absolute Gasteiger partial charge is 0.489 e. The van der Waals surface area contributed by atoms with Gasteiger partial charge in [-0.1, -0.05) is 32.0 Å². The Balaban J connectivity index is 2.10. The summed E-state index contributed by atoms with van der Waals surface area (Å²) in [5.74, 6) is -2.27. The van der Waals surface area contributed by atoms with Gasteiger partial charge in [0.2, 0.25) is 0 Å². The molecule has 0 aliphatic rings. The number of hydrogen-bond acceptors (Lipinski definition) is 2. The Kier molecular flexibility index (Phi) is 8.14. The Hall–Kier alpha value is -3.56. The van der Waals surface area contributed by atoms with Crippen molar-refractivity contribution in [3.8, 4) is 16.9 Å². The van der Waals surface area contributed by atoms with Crippen LogP contribution < -0.4 is 4.74 Å². The van der Waals surface area contributed by atoms with Gasteiger partial charge in [-0.25, -0.2) is 4.39 Å². The maximum Gasteiger partial charge on any atom is 0.416 e. The second-order valence-electron chi connectivity index (χ2n) is 9.64. The lowest BCUT2D eigenvalue weighted by Crippen LogP contribution is -2.34. The maximum atomic E-state index is 13.5. The predicted octanol–water partition coefficient (Wildman–Crippen LogP) is 8.50. The quantitative estimate of drug-likeness (QED) is 0.290. The van der Waals surface area contributed by atoms with Crippen molar-refractivity contribution in [3.63, 3.8) is 0 Å². The summed E-state index contributed by atoms with van der Waals surface area (Å²) < 4.78 is 98.5. The summed E-state index contributed by atoms with van der Waals surface area (Å²) in [6.45, 7) is 4.53. The van der Waals surface area contributed by atoms with E-state index in [1.54, 1.807) is 0 Å². The molecule has 0 aliphatic heterocycles. The SMILES string of the molecule is CC(C)CC(C)(C(=O)O)c1cc(OCc2ccc(F)cc2C(F)(F)F)cc(-c2ccc(C(F)(F)F)cc2)c1. The van der Waals surface area contributed by atoms with E-state index in [4.69, 9.17) is 4.74 Å². The highest BCUT2D eigenvalue weighted by molar-refractivity contribution is 5.82. The van der Waals surface area contributed by atoms with Crippen LogP contribution in [0, 0.1) is 11.7 Å². The average molecular weight is 542 g/mol. The van der Waals surface area contributed by atoms with Crippen LogP contribution in [0.1, 0.15) is 49.4 Å². The number of alkyl halides is 6. The van der Waals surface area contributed by atoms with Crippen molar-refractivity contribution in [2.45, 2.75) is 51.6 Å². The maximum absolute atomic E-state index is 13.5. The monoisotopic (exact) mass is 542 g/mol. The molecule has 1 atom stereocenters. The first-order valence-electron chi connectivity index (χ1n) is 11.6. The highest BCUT2D eigenvalue weighted by Crippen LogP contribution is 2.39. The fourth-order valence-corrected chi connectivity index (χ4v) is 4.26. The molecule has 0 heterocycles. The number of carboxylic acid groups (broad SMARTS) is 1. The fourth-order valence-electron chi connectivity index (χ4n) is 4.26. The van der Waals surface area contributed by atoms with Crippen LogP contribution in [0.15, 0.2) is 60.7 Å². The van der Waals surface area contributed by atoms with Gasteiger partial charge < -0.3 is 9.84 Å². The Labute approximate surface area is 214 Å². The van der Waals surface area contributed by atoms with Crippen molar-refractivity contribution in [2.24, 2.45) is 5.92 Å². The topological polar surface area (TPSA) is 46.5 Å². The first kappa shape index (κ1) is 29.0. The van der Waals surface area contributed by atoms with Crippen molar-refractivity contribution in [1.82, 2.24) is 0 Å². The molecule has 38 heavy (non-hydrogen) atoms. The third-order valence-electron chi connectivity index (χ3n) is 6.15. The van der Waals surface area contributed by atoms with Crippen LogP contribution in [0.25, 0.3) is 11.1 Å². The molecule has 3 aromatic rings. The average Bonchev–Trinajstić information content (AvgIpc) is 2.81. The summed E-state index contributed by atoms with van der Waals surface area (Å²) in [5.41, 5.74) is -2.96. The molecule has 0 aliphatic carbocycles. The van der Waals surface area contributed by atoms with Gasteiger partial charge in [-0.2, -0.15) is 26.3 Å². The highest BCUT2D eigenvalue weighted by atomic mass is 19.4. The van der Waals surface area contributed by atoms with Crippen molar-refractivity contribution >= 4 is 5.97 Å². The molecule has 0 bridgehead atoms. The molecule has 0 saturated heterocycles. The van der Waals surface area contributed by atoms with Gasteiger partial charge in [0.15, 0.2) is 0 Å². The smallest absolute Gasteiger partial charge is 0.416 e. The molecule has 10 heteroatoms. The number of halogens is 7. The van der Waals surface area contributed by atoms with Gasteiger partial charge in [0.05, 0.1) is 16.5 Å². The first-order chi connectivity index (χ1) is 17.5. The van der Waals surface area contributed by atoms with Crippen molar-refractivity contribution < 1.29 is 45.4 Å². The van der Waals surface area contributed by atoms with Crippen LogP contribution in [0.2, 0.25) is 0 Å². The van der Waals surface area contributed by atoms with E-state index >= 15 is 0 Å². The minimum absolute atomic E-state index is 0.00563. The lowest BCUT2D eigenvalue weighted by atomic mass is 9.75. The molecular formula is C28H25F7O3. The van der Waals surface area contributed by atoms with Crippen molar-refractivity contribution in [2.75, 3.05) is 0 Å². The summed E-state index contributed by atoms with van der Waals surface area (Å²) >= 11 is 0. The van der Waals surface area contributed by atoms with E-state index in [1.807, 2.05) is 13.8 Å². The molecule has 0 saturated carbocycles. The van der Waals surface area contributed by atoms with Crippen LogP contribution in [-0.2, 0) is 29.2 Å². The lowest BCUT2D eigenvalue weighted by Gasteiger charge is -2.28. The van der Waals surface area contributed by atoms with Crippen LogP contribution in [0.5, 0.6) is 5.75 Å². The van der Waals surface area contributed by atoms with Gasteiger partial charge in [0, 0.05) is 5.56 Å². The standard InChI is InChI=1S/C28H25F7O3/c1-16(2)14-26(3,25(36)37)21-10-19(17-4-7-20(8-5-17)27(30,31)32)11-23(12-21)38-15-18-6-9-22(29)13-24(18)28(33,34)35/h4-13,16H,14-15H2,1-3H3,(H,36,37). The van der Waals surface area contributed by atoms with Gasteiger partial charge in [0.25, 0.3) is 0 Å². The Bertz CT molecular complexity index is 1300. The summed E-state index contributed by atoms with van der Waals surface area (Å²) in [6.07, 6.45) is -9.19. The Morgan fingerprint density at radius 2 is 1.47 bits per heavy atom. The summed E-state index contributed by atoms with van der Waals surface area (Å²) in [5, 5.41) is 10.0. The van der Waals surface area contributed by atoms with E-state index < -0.39 is 47.3 Å². The number of carbonyl (C=O) groups is 1. The van der Waals surface area contributed by atoms with Crippen LogP contribution in [0.4, 0.5) is 30.7 Å². The molecule has 1 unspecified atom stereocenters. The number of ether oxygens (including phenoxy) is 1. The second kappa shape index (κ2) is 10.7. The number of carboxylic acids is 1. The minimum Gasteiger partial charge on any atom is -0.489 e. The lowest BCUT2D eigenvalue weighted by molar-refractivity contribution is -0.144. The van der Waals surface area contributed by atoms with E-state index in [0.717, 1.165) is 24.3 Å². The molecule has 0 amide bonds. The van der Waals surface area contributed by atoms with E-state index in [9.17, 15) is 40.6 Å². The molecule has 204 valence electrons. The van der Waals surface area contributed by atoms with Gasteiger partial charge in [-0.15, -0.1) is 0 Å². The van der Waals surface area contributed by atoms with Gasteiger partial charge >= 0.3 is 18.3 Å². The Morgan fingerprint density at radius 3 is 2.00 bits per heavy atom. The normalized spacial score (nSPS) is 13.9. The number of rotatable bonds is 8. The third-order valence-corrected chi connectivity index (χ3v) is 6.15. The highest BCUT2D eigenvalue weighted by Gasteiger charge is 2.37. The van der Waals surface area contributed by atoms with E-state index in [-0.39, 0.29) is 29.2 Å². The van der Waals surface area contributed by atoms with Crippen LogP contribution in [0.3, 0.4) is 0 Å². The fraction of sp³-hybridized carbons (Fsp3) is 0.321. The number of aliphatic carboxylic acids is 1. The van der Waals surface area contributed by atoms with E-state index in [1.165, 1.54) is 37.3 Å². The second-order valence-corrected chi connectivity index (χ2v) is 9.64. The third kappa shape index (κ3) is 6.65. The molecule has 3 aromatic carbocycles. The molecular weight excluding hydrogens is 517 g/mol. The van der Waals surface area contributed by atoms with Crippen molar-refractivity contribution in [3.05, 3.63) is 88.7 Å². The zero-order chi connectivity index (χ0) is 28.5. The van der Waals surface area contributed by atoms with Crippen LogP contribution >= 0.6 is 0 Å². The number of benzene rings is 3. The molecule has 1 N–H and O–H groups in total. The van der Waals surface area contributed by atoms with Gasteiger partial charge in [0.1, 0.15) is 18.2 Å². The molecule has 0 fully saturated rings. The molecule has 0 radical (unpaired) electrons. The summed E-state index contributed by atoms with van der Waals surface area (Å²) in [7, 11) is 0. The first-order valence-corrected chi connectivity index (χ1v) is 11.6. The zero-order valence-electron chi connectivity index (χ0n) is 20.7. The zero-order valence-corrected chi connectivity index (χ0v) is 20.7. The van der Waals surface area contributed by atoms with E-state index in [2.05, 4.69) is 0 Å². The summed E-state index contributed by atoms with van der Waals surface area (Å²) in [6, 6.07) is 10.7. The Morgan fingerprint density at radius 1 is 0.842 bits per heavy atom. The van der Waals surface area contributed by atoms with Gasteiger partial charge in [-0.05, 0) is 78.4 Å². The van der Waals surface area contributed by atoms with Gasteiger partial charge in [-0.3, -0.25) is 4.79 Å². The number of hydrogen-bond donors (Lipinski definition) is 1. The van der Waals surface area contributed by atoms with Crippen LogP contribution in [-0.4, -0.2) is 11.1 Å². The van der Waals surface area contributed by atoms with Crippen molar-refractivity contribution in [1.29, 1.82) is 0 Å². The molecule has 3 rings (SSSR count). The molecule has 3 nitrogen and oxygen atoms in total.